The van der Waals surface area contributed by atoms with Gasteiger partial charge in [-0.25, -0.2) is 4.39 Å². The number of nitrogens with zero attached hydrogens (tertiary/aromatic N) is 1. The summed E-state index contributed by atoms with van der Waals surface area (Å²) < 4.78 is 16.7. The molecule has 0 fully saturated rings. The van der Waals surface area contributed by atoms with Crippen LogP contribution in [0.2, 0.25) is 0 Å². The van der Waals surface area contributed by atoms with Gasteiger partial charge in [0.15, 0.2) is 4.77 Å². The Bertz CT molecular complexity index is 606. The van der Waals surface area contributed by atoms with Gasteiger partial charge in [0.1, 0.15) is 5.82 Å². The number of imidazole rings is 1. The molecule has 0 saturated carbocycles. The minimum Gasteiger partial charge on any atom is -0.331 e. The fraction of sp³-hybridized carbons (Fsp3) is 0.417. The molecule has 2 aromatic rings. The minimum absolute atomic E-state index is 0.255. The van der Waals surface area contributed by atoms with Crippen LogP contribution in [0.15, 0.2) is 16.6 Å². The zero-order valence-electron chi connectivity index (χ0n) is 10.0. The van der Waals surface area contributed by atoms with Crippen molar-refractivity contribution in [2.45, 2.75) is 19.4 Å². The van der Waals surface area contributed by atoms with Gasteiger partial charge in [0.25, 0.3) is 0 Å². The molecule has 0 aliphatic heterocycles. The molecule has 1 aromatic carbocycles. The quantitative estimate of drug-likeness (QED) is 0.621. The lowest BCUT2D eigenvalue weighted by molar-refractivity contribution is 0.617. The van der Waals surface area contributed by atoms with Crippen LogP contribution in [0.5, 0.6) is 0 Å². The van der Waals surface area contributed by atoms with Gasteiger partial charge in [0.2, 0.25) is 0 Å². The molecule has 0 radical (unpaired) electrons. The number of thioether (sulfide) groups is 1. The molecule has 0 atom stereocenters. The number of nitrogens with one attached hydrogen (secondary N) is 1. The van der Waals surface area contributed by atoms with Crippen LogP contribution in [0, 0.1) is 10.6 Å². The van der Waals surface area contributed by atoms with Gasteiger partial charge in [0, 0.05) is 12.6 Å². The lowest BCUT2D eigenvalue weighted by Gasteiger charge is -2.04. The van der Waals surface area contributed by atoms with Crippen molar-refractivity contribution in [2.75, 3.05) is 12.0 Å². The average molecular weight is 349 g/mol. The SMILES string of the molecule is CSCCCCn1c(=S)[nH]c2cc(Br)c(F)cc21. The van der Waals surface area contributed by atoms with Crippen LogP contribution >= 0.6 is 39.9 Å². The Morgan fingerprint density at radius 3 is 2.94 bits per heavy atom. The number of hydrogen-bond donors (Lipinski definition) is 1. The number of aromatic nitrogens is 2. The predicted octanol–water partition coefficient (Wildman–Crippen LogP) is 4.74. The molecule has 0 saturated heterocycles. The van der Waals surface area contributed by atoms with Crippen LogP contribution in [0.25, 0.3) is 11.0 Å². The van der Waals surface area contributed by atoms with Gasteiger partial charge < -0.3 is 9.55 Å². The van der Waals surface area contributed by atoms with Crippen molar-refractivity contribution in [1.82, 2.24) is 9.55 Å². The maximum absolute atomic E-state index is 13.6. The monoisotopic (exact) mass is 348 g/mol. The average Bonchev–Trinajstić information content (AvgIpc) is 2.62. The molecule has 98 valence electrons. The summed E-state index contributed by atoms with van der Waals surface area (Å²) in [5.41, 5.74) is 1.71. The van der Waals surface area contributed by atoms with Crippen molar-refractivity contribution in [3.05, 3.63) is 27.2 Å². The Hall–Kier alpha value is -0.330. The molecule has 6 heteroatoms. The third-order valence-electron chi connectivity index (χ3n) is 2.80. The maximum atomic E-state index is 13.6. The van der Waals surface area contributed by atoms with E-state index in [0.717, 1.165) is 36.2 Å². The molecule has 0 bridgehead atoms. The Morgan fingerprint density at radius 2 is 2.22 bits per heavy atom. The van der Waals surface area contributed by atoms with E-state index in [1.807, 2.05) is 16.3 Å². The molecule has 18 heavy (non-hydrogen) atoms. The van der Waals surface area contributed by atoms with E-state index in [-0.39, 0.29) is 5.82 Å². The highest BCUT2D eigenvalue weighted by Crippen LogP contribution is 2.23. The fourth-order valence-corrected chi connectivity index (χ4v) is 3.03. The summed E-state index contributed by atoms with van der Waals surface area (Å²) in [4.78, 5) is 3.11. The largest absolute Gasteiger partial charge is 0.331 e. The van der Waals surface area contributed by atoms with Gasteiger partial charge in [-0.05, 0) is 59.1 Å². The molecular formula is C12H14BrFN2S2. The van der Waals surface area contributed by atoms with Gasteiger partial charge in [-0.2, -0.15) is 11.8 Å². The molecule has 1 N–H and O–H groups in total. The lowest BCUT2D eigenvalue weighted by atomic mass is 10.3. The normalized spacial score (nSPS) is 11.3. The second kappa shape index (κ2) is 6.21. The highest BCUT2D eigenvalue weighted by atomic mass is 79.9. The Kier molecular flexibility index (Phi) is 4.86. The Labute approximate surface area is 123 Å². The second-order valence-corrected chi connectivity index (χ2v) is 6.29. The van der Waals surface area contributed by atoms with Gasteiger partial charge in [-0.3, -0.25) is 0 Å². The zero-order chi connectivity index (χ0) is 13.1. The Morgan fingerprint density at radius 1 is 1.44 bits per heavy atom. The summed E-state index contributed by atoms with van der Waals surface area (Å²) >= 11 is 10.3. The number of aryl methyl sites for hydroxylation is 1. The predicted molar refractivity (Wildman–Crippen MR) is 82.4 cm³/mol. The third-order valence-corrected chi connectivity index (χ3v) is 4.42. The van der Waals surface area contributed by atoms with E-state index in [2.05, 4.69) is 27.2 Å². The van der Waals surface area contributed by atoms with Crippen LogP contribution in [0.1, 0.15) is 12.8 Å². The lowest BCUT2D eigenvalue weighted by Crippen LogP contribution is -1.98. The molecular weight excluding hydrogens is 335 g/mol. The number of rotatable bonds is 5. The van der Waals surface area contributed by atoms with Gasteiger partial charge in [-0.15, -0.1) is 0 Å². The zero-order valence-corrected chi connectivity index (χ0v) is 13.2. The standard InChI is InChI=1S/C12H14BrFN2S2/c1-18-5-3-2-4-16-11-7-9(14)8(13)6-10(11)15-12(16)17/h6-7H,2-5H2,1H3,(H,15,17). The van der Waals surface area contributed by atoms with E-state index in [9.17, 15) is 4.39 Å². The Balaban J connectivity index is 2.29. The van der Waals surface area contributed by atoms with Crippen molar-refractivity contribution >= 4 is 50.9 Å². The van der Waals surface area contributed by atoms with E-state index in [1.165, 1.54) is 6.07 Å². The molecule has 2 rings (SSSR count). The number of aromatic amines is 1. The molecule has 0 aliphatic rings. The topological polar surface area (TPSA) is 20.7 Å². The minimum atomic E-state index is -0.255. The van der Waals surface area contributed by atoms with Crippen molar-refractivity contribution in [2.24, 2.45) is 0 Å². The first-order valence-corrected chi connectivity index (χ1v) is 8.29. The van der Waals surface area contributed by atoms with Gasteiger partial charge >= 0.3 is 0 Å². The molecule has 2 nitrogen and oxygen atoms in total. The van der Waals surface area contributed by atoms with Crippen molar-refractivity contribution in [3.63, 3.8) is 0 Å². The second-order valence-electron chi connectivity index (χ2n) is 4.07. The summed E-state index contributed by atoms with van der Waals surface area (Å²) in [5.74, 6) is 0.893. The van der Waals surface area contributed by atoms with E-state index in [0.29, 0.717) is 9.24 Å². The molecule has 0 unspecified atom stereocenters. The van der Waals surface area contributed by atoms with Crippen molar-refractivity contribution in [3.8, 4) is 0 Å². The number of hydrogen-bond acceptors (Lipinski definition) is 2. The van der Waals surface area contributed by atoms with Crippen LogP contribution in [0.4, 0.5) is 4.39 Å². The molecule has 1 aromatic heterocycles. The highest BCUT2D eigenvalue weighted by Gasteiger charge is 2.08. The number of H-pyrrole nitrogens is 1. The molecule has 0 aliphatic carbocycles. The summed E-state index contributed by atoms with van der Waals surface area (Å²) in [5, 5.41) is 0. The highest BCUT2D eigenvalue weighted by molar-refractivity contribution is 9.10. The first kappa shape index (κ1) is 14.1. The first-order valence-electron chi connectivity index (χ1n) is 5.70. The fourth-order valence-electron chi connectivity index (χ4n) is 1.89. The molecule has 0 amide bonds. The number of benzene rings is 1. The molecule has 0 spiro atoms. The van der Waals surface area contributed by atoms with E-state index >= 15 is 0 Å². The summed E-state index contributed by atoms with van der Waals surface area (Å²) in [6.45, 7) is 0.834. The van der Waals surface area contributed by atoms with Gasteiger partial charge in [0.05, 0.1) is 15.5 Å². The van der Waals surface area contributed by atoms with Crippen LogP contribution in [-0.4, -0.2) is 21.6 Å². The smallest absolute Gasteiger partial charge is 0.178 e. The van der Waals surface area contributed by atoms with Gasteiger partial charge in [-0.1, -0.05) is 0 Å². The number of fused-ring (bicyclic) bond motifs is 1. The maximum Gasteiger partial charge on any atom is 0.178 e. The van der Waals surface area contributed by atoms with Crippen molar-refractivity contribution < 1.29 is 4.39 Å². The first-order chi connectivity index (χ1) is 8.63. The van der Waals surface area contributed by atoms with E-state index in [1.54, 1.807) is 6.07 Å². The number of unbranched alkanes of at least 4 members (excludes halogenated alkanes) is 1. The summed E-state index contributed by atoms with van der Waals surface area (Å²) in [6, 6.07) is 3.26. The van der Waals surface area contributed by atoms with Crippen LogP contribution < -0.4 is 0 Å². The van der Waals surface area contributed by atoms with Crippen LogP contribution in [-0.2, 0) is 6.54 Å². The molecule has 1 heterocycles. The van der Waals surface area contributed by atoms with Crippen molar-refractivity contribution in [1.29, 1.82) is 0 Å². The third kappa shape index (κ3) is 2.97. The van der Waals surface area contributed by atoms with Crippen LogP contribution in [0.3, 0.4) is 0 Å². The summed E-state index contributed by atoms with van der Waals surface area (Å²) in [7, 11) is 0. The number of halogens is 2. The van der Waals surface area contributed by atoms with E-state index in [4.69, 9.17) is 12.2 Å². The summed E-state index contributed by atoms with van der Waals surface area (Å²) in [6.07, 6.45) is 4.30. The van der Waals surface area contributed by atoms with E-state index < -0.39 is 0 Å².